The second-order valence-corrected chi connectivity index (χ2v) is 2.44. The molecule has 11 heavy (non-hydrogen) atoms. The normalized spacial score (nSPS) is 10.0. The molecule has 0 amide bonds. The quantitative estimate of drug-likeness (QED) is 0.694. The van der Waals surface area contributed by atoms with E-state index in [1.165, 1.54) is 0 Å². The number of hydrogen-bond donors (Lipinski definition) is 1. The molecule has 1 N–H and O–H groups in total. The highest BCUT2D eigenvalue weighted by atomic mass is 35.5. The highest BCUT2D eigenvalue weighted by Gasteiger charge is 2.07. The predicted molar refractivity (Wildman–Crippen MR) is 41.2 cm³/mol. The van der Waals surface area contributed by atoms with Crippen LogP contribution >= 0.6 is 23.2 Å². The molecule has 0 saturated heterocycles. The molecule has 0 saturated carbocycles. The summed E-state index contributed by atoms with van der Waals surface area (Å²) in [5, 5.41) is 8.52. The van der Waals surface area contributed by atoms with Crippen LogP contribution in [0.15, 0.2) is 15.3 Å². The van der Waals surface area contributed by atoms with E-state index in [1.54, 1.807) is 0 Å². The first-order chi connectivity index (χ1) is 5.15. The molecule has 0 radical (unpaired) electrons. The first-order valence-electron chi connectivity index (χ1n) is 2.72. The zero-order valence-corrected chi connectivity index (χ0v) is 6.82. The molecule has 0 spiro atoms. The van der Waals surface area contributed by atoms with Gasteiger partial charge in [0.15, 0.2) is 0 Å². The van der Waals surface area contributed by atoms with E-state index in [9.17, 15) is 4.79 Å². The molecule has 0 unspecified atom stereocenters. The lowest BCUT2D eigenvalue weighted by atomic mass is 10.4. The van der Waals surface area contributed by atoms with Gasteiger partial charge >= 0.3 is 0 Å². The lowest BCUT2D eigenvalue weighted by Gasteiger charge is -1.96. The van der Waals surface area contributed by atoms with Crippen molar-refractivity contribution < 1.29 is 9.52 Å². The van der Waals surface area contributed by atoms with Crippen LogP contribution in [0.1, 0.15) is 5.76 Å². The molecule has 0 aliphatic carbocycles. The van der Waals surface area contributed by atoms with Crippen LogP contribution in [0.3, 0.4) is 0 Å². The molecule has 0 aliphatic heterocycles. The lowest BCUT2D eigenvalue weighted by Crippen LogP contribution is -1.99. The van der Waals surface area contributed by atoms with E-state index in [0.29, 0.717) is 0 Å². The van der Waals surface area contributed by atoms with Crippen molar-refractivity contribution in [3.05, 3.63) is 27.3 Å². The van der Waals surface area contributed by atoms with Crippen LogP contribution in [0, 0.1) is 0 Å². The van der Waals surface area contributed by atoms with Crippen molar-refractivity contribution >= 4 is 23.2 Å². The Morgan fingerprint density at radius 3 is 2.73 bits per heavy atom. The minimum absolute atomic E-state index is 0.0508. The molecule has 1 rings (SSSR count). The van der Waals surface area contributed by atoms with Gasteiger partial charge in [0.2, 0.25) is 16.4 Å². The fourth-order valence-corrected chi connectivity index (χ4v) is 0.894. The summed E-state index contributed by atoms with van der Waals surface area (Å²) in [6.07, 6.45) is 0. The van der Waals surface area contributed by atoms with Crippen LogP contribution < -0.4 is 5.43 Å². The standard InChI is InChI=1S/C6H4Cl2O3/c7-2-3-1-4(9)5(10)6(8)11-3/h1,10H,2H2. The van der Waals surface area contributed by atoms with Crippen molar-refractivity contribution in [3.63, 3.8) is 0 Å². The first-order valence-corrected chi connectivity index (χ1v) is 3.64. The van der Waals surface area contributed by atoms with Crippen molar-refractivity contribution in [2.45, 2.75) is 5.88 Å². The summed E-state index contributed by atoms with van der Waals surface area (Å²) >= 11 is 10.7. The summed E-state index contributed by atoms with van der Waals surface area (Å²) in [4.78, 5) is 10.8. The molecular weight excluding hydrogens is 191 g/mol. The molecule has 1 heterocycles. The van der Waals surface area contributed by atoms with Gasteiger partial charge in [0.25, 0.3) is 0 Å². The van der Waals surface area contributed by atoms with Crippen LogP contribution in [0.4, 0.5) is 0 Å². The number of rotatable bonds is 1. The Kier molecular flexibility index (Phi) is 2.42. The molecule has 3 nitrogen and oxygen atoms in total. The Bertz CT molecular complexity index is 318. The van der Waals surface area contributed by atoms with Gasteiger partial charge < -0.3 is 9.52 Å². The maximum Gasteiger partial charge on any atom is 0.239 e. The fourth-order valence-electron chi connectivity index (χ4n) is 0.570. The molecule has 0 aromatic carbocycles. The third-order valence-electron chi connectivity index (χ3n) is 1.06. The molecular formula is C6H4Cl2O3. The Balaban J connectivity index is 3.32. The molecule has 5 heteroatoms. The average Bonchev–Trinajstić information content (AvgIpc) is 1.99. The van der Waals surface area contributed by atoms with Gasteiger partial charge in [-0.1, -0.05) is 0 Å². The van der Waals surface area contributed by atoms with Gasteiger partial charge in [-0.2, -0.15) is 0 Å². The van der Waals surface area contributed by atoms with E-state index < -0.39 is 11.2 Å². The van der Waals surface area contributed by atoms with Gasteiger partial charge in [-0.25, -0.2) is 0 Å². The molecule has 1 aromatic rings. The minimum atomic E-state index is -0.586. The van der Waals surface area contributed by atoms with Crippen molar-refractivity contribution in [1.29, 1.82) is 0 Å². The summed E-state index contributed by atoms with van der Waals surface area (Å²) in [5.74, 6) is -0.296. The van der Waals surface area contributed by atoms with Crippen LogP contribution in [0.5, 0.6) is 5.75 Å². The topological polar surface area (TPSA) is 50.4 Å². The van der Waals surface area contributed by atoms with Crippen LogP contribution in [0.2, 0.25) is 5.22 Å². The molecule has 0 bridgehead atoms. The highest BCUT2D eigenvalue weighted by Crippen LogP contribution is 2.19. The van der Waals surface area contributed by atoms with Gasteiger partial charge in [-0.15, -0.1) is 11.6 Å². The van der Waals surface area contributed by atoms with E-state index in [0.717, 1.165) is 6.07 Å². The molecule has 0 aliphatic rings. The minimum Gasteiger partial charge on any atom is -0.501 e. The van der Waals surface area contributed by atoms with E-state index in [2.05, 4.69) is 0 Å². The predicted octanol–water partition coefficient (Wildman–Crippen LogP) is 1.74. The van der Waals surface area contributed by atoms with E-state index >= 15 is 0 Å². The third-order valence-corrected chi connectivity index (χ3v) is 1.58. The van der Waals surface area contributed by atoms with Gasteiger partial charge in [0.1, 0.15) is 5.76 Å². The highest BCUT2D eigenvalue weighted by molar-refractivity contribution is 6.30. The Labute approximate surface area is 72.2 Å². The van der Waals surface area contributed by atoms with Crippen molar-refractivity contribution in [2.24, 2.45) is 0 Å². The lowest BCUT2D eigenvalue weighted by molar-refractivity contribution is 0.420. The van der Waals surface area contributed by atoms with Crippen molar-refractivity contribution in [2.75, 3.05) is 0 Å². The zero-order chi connectivity index (χ0) is 8.43. The van der Waals surface area contributed by atoms with Gasteiger partial charge in [0, 0.05) is 6.07 Å². The number of aromatic hydroxyl groups is 1. The maximum atomic E-state index is 10.8. The summed E-state index contributed by atoms with van der Waals surface area (Å²) in [6.45, 7) is 0. The SMILES string of the molecule is O=c1cc(CCl)oc(Cl)c1O. The van der Waals surface area contributed by atoms with Gasteiger partial charge in [0.05, 0.1) is 5.88 Å². The molecule has 0 atom stereocenters. The van der Waals surface area contributed by atoms with Gasteiger partial charge in [-0.05, 0) is 11.6 Å². The van der Waals surface area contributed by atoms with E-state index in [4.69, 9.17) is 32.7 Å². The fraction of sp³-hybridized carbons (Fsp3) is 0.167. The summed E-state index contributed by atoms with van der Waals surface area (Å²) in [7, 11) is 0. The maximum absolute atomic E-state index is 10.8. The second-order valence-electron chi connectivity index (χ2n) is 1.83. The second kappa shape index (κ2) is 3.15. The molecule has 60 valence electrons. The summed E-state index contributed by atoms with van der Waals surface area (Å²) in [6, 6.07) is 1.09. The smallest absolute Gasteiger partial charge is 0.239 e. The first kappa shape index (κ1) is 8.43. The number of halogens is 2. The monoisotopic (exact) mass is 194 g/mol. The van der Waals surface area contributed by atoms with Crippen LogP contribution in [-0.4, -0.2) is 5.11 Å². The van der Waals surface area contributed by atoms with Crippen molar-refractivity contribution in [3.8, 4) is 5.75 Å². The van der Waals surface area contributed by atoms with Gasteiger partial charge in [-0.3, -0.25) is 4.79 Å². The molecule has 1 aromatic heterocycles. The van der Waals surface area contributed by atoms with Crippen LogP contribution in [0.25, 0.3) is 0 Å². The van der Waals surface area contributed by atoms with E-state index in [1.807, 2.05) is 0 Å². The molecule has 0 fully saturated rings. The average molecular weight is 195 g/mol. The summed E-state index contributed by atoms with van der Waals surface area (Å²) < 4.78 is 4.72. The Morgan fingerprint density at radius 2 is 2.27 bits per heavy atom. The van der Waals surface area contributed by atoms with E-state index in [-0.39, 0.29) is 16.9 Å². The Hall–Kier alpha value is -0.670. The Morgan fingerprint density at radius 1 is 1.64 bits per heavy atom. The number of hydrogen-bond acceptors (Lipinski definition) is 3. The summed E-state index contributed by atoms with van der Waals surface area (Å²) in [5.41, 5.74) is -0.586. The third kappa shape index (κ3) is 1.67. The zero-order valence-electron chi connectivity index (χ0n) is 5.30. The van der Waals surface area contributed by atoms with Crippen molar-refractivity contribution in [1.82, 2.24) is 0 Å². The number of alkyl halides is 1. The largest absolute Gasteiger partial charge is 0.501 e. The van der Waals surface area contributed by atoms with Crippen LogP contribution in [-0.2, 0) is 5.88 Å².